The van der Waals surface area contributed by atoms with Crippen LogP contribution in [0.5, 0.6) is 0 Å². The first-order chi connectivity index (χ1) is 10.9. The van der Waals surface area contributed by atoms with Crippen LogP contribution in [0.1, 0.15) is 17.4 Å². The molecule has 0 radical (unpaired) electrons. The average Bonchev–Trinajstić information content (AvgIpc) is 2.92. The largest absolute Gasteiger partial charge is 0.382 e. The molecule has 2 aromatic rings. The Hall–Kier alpha value is -2.88. The van der Waals surface area contributed by atoms with Crippen LogP contribution in [0.15, 0.2) is 22.8 Å². The van der Waals surface area contributed by atoms with E-state index in [1.54, 1.807) is 6.92 Å². The summed E-state index contributed by atoms with van der Waals surface area (Å²) in [5.74, 6) is -0.617. The number of amides is 1. The summed E-state index contributed by atoms with van der Waals surface area (Å²) in [6, 6.07) is 3.77. The molecular weight excluding hydrogens is 328 g/mol. The fourth-order valence-corrected chi connectivity index (χ4v) is 1.96. The van der Waals surface area contributed by atoms with Crippen molar-refractivity contribution in [3.05, 3.63) is 39.0 Å². The number of carbonyl (C=O) groups excluding carboxylic acids is 1. The number of hydrogen-bond acceptors (Lipinski definition) is 8. The number of nitrogens with one attached hydrogen (secondary N) is 2. The number of aromatic nitrogens is 2. The second-order valence-electron chi connectivity index (χ2n) is 4.67. The molecule has 0 unspecified atom stereocenters. The first-order valence-electron chi connectivity index (χ1n) is 6.45. The maximum atomic E-state index is 11.9. The molecule has 0 bridgehead atoms. The molecule has 0 saturated heterocycles. The van der Waals surface area contributed by atoms with Crippen molar-refractivity contribution in [1.29, 1.82) is 0 Å². The van der Waals surface area contributed by atoms with Crippen LogP contribution in [0.25, 0.3) is 0 Å². The molecule has 0 fully saturated rings. The third-order valence-electron chi connectivity index (χ3n) is 2.87. The van der Waals surface area contributed by atoms with E-state index in [4.69, 9.17) is 17.3 Å². The predicted molar refractivity (Wildman–Crippen MR) is 82.2 cm³/mol. The van der Waals surface area contributed by atoms with Gasteiger partial charge in [0.2, 0.25) is 11.5 Å². The summed E-state index contributed by atoms with van der Waals surface area (Å²) in [6.07, 6.45) is 0. The molecule has 1 heterocycles. The predicted octanol–water partition coefficient (Wildman–Crippen LogP) is 1.44. The highest BCUT2D eigenvalue weighted by Gasteiger charge is 2.18. The molecule has 0 aliphatic rings. The Morgan fingerprint density at radius 3 is 2.83 bits per heavy atom. The Balaban J connectivity index is 1.92. The van der Waals surface area contributed by atoms with Crippen LogP contribution >= 0.6 is 11.6 Å². The number of nitro benzene ring substituents is 1. The standard InChI is InChI=1S/C12H13ClN6O4/c1-6(16-12(20)10-11(14)18-23-17-10)5-15-9-3-2-7(19(21)22)4-8(9)13/h2-4,6,15H,5H2,1H3,(H2,14,18)(H,16,20)/t6-/m0/s1. The van der Waals surface area contributed by atoms with Crippen LogP contribution in [0.4, 0.5) is 17.2 Å². The lowest BCUT2D eigenvalue weighted by atomic mass is 10.2. The number of carbonyl (C=O) groups is 1. The number of nitro groups is 1. The minimum Gasteiger partial charge on any atom is -0.382 e. The van der Waals surface area contributed by atoms with Crippen LogP contribution in [0.2, 0.25) is 5.02 Å². The molecular formula is C12H13ClN6O4. The van der Waals surface area contributed by atoms with Crippen molar-refractivity contribution in [3.63, 3.8) is 0 Å². The summed E-state index contributed by atoms with van der Waals surface area (Å²) in [6.45, 7) is 2.07. The van der Waals surface area contributed by atoms with Gasteiger partial charge >= 0.3 is 0 Å². The molecule has 0 aliphatic heterocycles. The molecule has 0 aliphatic carbocycles. The van der Waals surface area contributed by atoms with E-state index in [1.165, 1.54) is 18.2 Å². The van der Waals surface area contributed by atoms with Crippen molar-refractivity contribution in [2.45, 2.75) is 13.0 Å². The van der Waals surface area contributed by atoms with Crippen molar-refractivity contribution in [2.24, 2.45) is 0 Å². The molecule has 11 heteroatoms. The Labute approximate surface area is 135 Å². The molecule has 1 atom stereocenters. The summed E-state index contributed by atoms with van der Waals surface area (Å²) in [5, 5.41) is 23.2. The Kier molecular flexibility index (Phi) is 4.96. The fraction of sp³-hybridized carbons (Fsp3) is 0.250. The molecule has 1 aromatic heterocycles. The monoisotopic (exact) mass is 340 g/mol. The van der Waals surface area contributed by atoms with Gasteiger partial charge in [-0.05, 0) is 23.3 Å². The van der Waals surface area contributed by atoms with Crippen molar-refractivity contribution >= 4 is 34.7 Å². The topological polar surface area (TPSA) is 149 Å². The zero-order valence-corrected chi connectivity index (χ0v) is 12.7. The van der Waals surface area contributed by atoms with E-state index in [-0.39, 0.29) is 28.3 Å². The number of hydrogen-bond donors (Lipinski definition) is 3. The highest BCUT2D eigenvalue weighted by atomic mass is 35.5. The van der Waals surface area contributed by atoms with Crippen LogP contribution in [-0.4, -0.2) is 33.7 Å². The van der Waals surface area contributed by atoms with E-state index >= 15 is 0 Å². The summed E-state index contributed by atoms with van der Waals surface area (Å²) in [7, 11) is 0. The van der Waals surface area contributed by atoms with Gasteiger partial charge in [0.1, 0.15) is 0 Å². The molecule has 0 spiro atoms. The van der Waals surface area contributed by atoms with E-state index in [0.717, 1.165) is 0 Å². The van der Waals surface area contributed by atoms with Gasteiger partial charge in [-0.1, -0.05) is 11.6 Å². The minimum absolute atomic E-state index is 0.0924. The van der Waals surface area contributed by atoms with Crippen molar-refractivity contribution in [3.8, 4) is 0 Å². The summed E-state index contributed by atoms with van der Waals surface area (Å²) in [4.78, 5) is 22.0. The van der Waals surface area contributed by atoms with Crippen LogP contribution in [-0.2, 0) is 0 Å². The highest BCUT2D eigenvalue weighted by Crippen LogP contribution is 2.26. The van der Waals surface area contributed by atoms with E-state index in [0.29, 0.717) is 12.2 Å². The second kappa shape index (κ2) is 6.92. The number of nitrogen functional groups attached to an aromatic ring is 1. The summed E-state index contributed by atoms with van der Waals surface area (Å²) in [5.41, 5.74) is 5.75. The molecule has 0 saturated carbocycles. The van der Waals surface area contributed by atoms with E-state index < -0.39 is 10.8 Å². The minimum atomic E-state index is -0.533. The number of nitrogens with zero attached hydrogens (tertiary/aromatic N) is 3. The Bertz CT molecular complexity index is 734. The van der Waals surface area contributed by atoms with Gasteiger partial charge in [0.05, 0.1) is 15.6 Å². The third-order valence-corrected chi connectivity index (χ3v) is 3.18. The van der Waals surface area contributed by atoms with Gasteiger partial charge in [-0.25, -0.2) is 4.63 Å². The molecule has 23 heavy (non-hydrogen) atoms. The maximum Gasteiger partial charge on any atom is 0.277 e. The third kappa shape index (κ3) is 4.07. The van der Waals surface area contributed by atoms with Crippen molar-refractivity contribution in [2.75, 3.05) is 17.6 Å². The number of nitrogens with two attached hydrogens (primary N) is 1. The Morgan fingerprint density at radius 1 is 1.52 bits per heavy atom. The van der Waals surface area contributed by atoms with Gasteiger partial charge in [0.15, 0.2) is 0 Å². The molecule has 1 amide bonds. The Morgan fingerprint density at radius 2 is 2.26 bits per heavy atom. The van der Waals surface area contributed by atoms with Crippen molar-refractivity contribution < 1.29 is 14.3 Å². The average molecular weight is 341 g/mol. The van der Waals surface area contributed by atoms with Crippen LogP contribution in [0, 0.1) is 10.1 Å². The molecule has 122 valence electrons. The SMILES string of the molecule is C[C@@H](CNc1ccc([N+](=O)[O-])cc1Cl)NC(=O)c1nonc1N. The number of rotatable bonds is 6. The number of non-ortho nitro benzene ring substituents is 1. The van der Waals surface area contributed by atoms with Gasteiger partial charge in [0, 0.05) is 24.7 Å². The number of benzene rings is 1. The first-order valence-corrected chi connectivity index (χ1v) is 6.83. The smallest absolute Gasteiger partial charge is 0.277 e. The van der Waals surface area contributed by atoms with Crippen LogP contribution < -0.4 is 16.4 Å². The van der Waals surface area contributed by atoms with Gasteiger partial charge in [-0.2, -0.15) is 0 Å². The molecule has 1 aromatic carbocycles. The van der Waals surface area contributed by atoms with Gasteiger partial charge < -0.3 is 16.4 Å². The molecule has 2 rings (SSSR count). The second-order valence-corrected chi connectivity index (χ2v) is 5.08. The summed E-state index contributed by atoms with van der Waals surface area (Å²) >= 11 is 5.96. The number of anilines is 2. The summed E-state index contributed by atoms with van der Waals surface area (Å²) < 4.78 is 4.35. The molecule has 4 N–H and O–H groups in total. The van der Waals surface area contributed by atoms with Crippen LogP contribution in [0.3, 0.4) is 0 Å². The van der Waals surface area contributed by atoms with Crippen molar-refractivity contribution in [1.82, 2.24) is 15.6 Å². The van der Waals surface area contributed by atoms with Gasteiger partial charge in [-0.15, -0.1) is 0 Å². The first kappa shape index (κ1) is 16.5. The van der Waals surface area contributed by atoms with E-state index in [9.17, 15) is 14.9 Å². The fourth-order valence-electron chi connectivity index (χ4n) is 1.72. The lowest BCUT2D eigenvalue weighted by Crippen LogP contribution is -2.37. The maximum absolute atomic E-state index is 11.9. The zero-order valence-electron chi connectivity index (χ0n) is 11.9. The van der Waals surface area contributed by atoms with Gasteiger partial charge in [0.25, 0.3) is 11.6 Å². The number of halogens is 1. The lowest BCUT2D eigenvalue weighted by molar-refractivity contribution is -0.384. The quantitative estimate of drug-likeness (QED) is 0.528. The highest BCUT2D eigenvalue weighted by molar-refractivity contribution is 6.33. The zero-order chi connectivity index (χ0) is 17.0. The molecule has 10 nitrogen and oxygen atoms in total. The lowest BCUT2D eigenvalue weighted by Gasteiger charge is -2.15. The van der Waals surface area contributed by atoms with E-state index in [2.05, 4.69) is 25.6 Å². The normalized spacial score (nSPS) is 11.7. The van der Waals surface area contributed by atoms with Gasteiger partial charge in [-0.3, -0.25) is 14.9 Å². The van der Waals surface area contributed by atoms with E-state index in [1.807, 2.05) is 0 Å².